The molecule has 2 aromatic carbocycles. The molecule has 0 saturated carbocycles. The van der Waals surface area contributed by atoms with E-state index in [0.717, 1.165) is 35.0 Å². The number of hydrogen-bond acceptors (Lipinski definition) is 3. The lowest BCUT2D eigenvalue weighted by Gasteiger charge is -2.09. The Hall–Kier alpha value is -3.27. The summed E-state index contributed by atoms with van der Waals surface area (Å²) in [6.45, 7) is 3.53. The fourth-order valence-corrected chi connectivity index (χ4v) is 3.32. The first-order valence-corrected chi connectivity index (χ1v) is 9.20. The average molecular weight is 357 g/mol. The summed E-state index contributed by atoms with van der Waals surface area (Å²) in [5.74, 6) is 0.315. The highest BCUT2D eigenvalue weighted by Crippen LogP contribution is 2.34. The second kappa shape index (κ2) is 7.54. The number of aromatic nitrogens is 2. The first-order valence-electron chi connectivity index (χ1n) is 9.20. The largest absolute Gasteiger partial charge is 0.494 e. The van der Waals surface area contributed by atoms with Gasteiger partial charge in [0.15, 0.2) is 0 Å². The number of rotatable bonds is 6. The summed E-state index contributed by atoms with van der Waals surface area (Å²) < 4.78 is 1.93. The molecular formula is C23H23N3O. The molecular weight excluding hydrogens is 334 g/mol. The normalized spacial score (nSPS) is 11.0. The van der Waals surface area contributed by atoms with Crippen LogP contribution in [-0.4, -0.2) is 14.7 Å². The monoisotopic (exact) mass is 357 g/mol. The number of pyridine rings is 1. The summed E-state index contributed by atoms with van der Waals surface area (Å²) in [6.07, 6.45) is 6.48. The lowest BCUT2D eigenvalue weighted by molar-refractivity contribution is 0.422. The van der Waals surface area contributed by atoms with E-state index in [4.69, 9.17) is 0 Å². The molecule has 4 aromatic rings. The standard InChI is InChI=1S/C23H23N3O/c1-17-5-7-18(8-6-17)11-14-26-16-20-3-2-4-21(22(20)23(26)27)25-15-19-9-12-24-13-10-19/h2-10,12-13,16,25,27H,11,14-15H2,1H3. The molecule has 0 radical (unpaired) electrons. The number of nitrogens with zero attached hydrogens (tertiary/aromatic N) is 2. The number of anilines is 1. The zero-order chi connectivity index (χ0) is 18.6. The van der Waals surface area contributed by atoms with Crippen molar-refractivity contribution in [2.75, 3.05) is 5.32 Å². The lowest BCUT2D eigenvalue weighted by Crippen LogP contribution is -2.00. The number of fused-ring (bicyclic) bond motifs is 1. The molecule has 4 nitrogen and oxygen atoms in total. The maximum atomic E-state index is 10.8. The Kier molecular flexibility index (Phi) is 4.79. The molecule has 2 aromatic heterocycles. The van der Waals surface area contributed by atoms with Crippen molar-refractivity contribution < 1.29 is 5.11 Å². The second-order valence-electron chi connectivity index (χ2n) is 6.86. The van der Waals surface area contributed by atoms with Gasteiger partial charge in [-0.2, -0.15) is 0 Å². The highest BCUT2D eigenvalue weighted by molar-refractivity contribution is 5.98. The highest BCUT2D eigenvalue weighted by Gasteiger charge is 2.12. The third-order valence-electron chi connectivity index (χ3n) is 4.88. The van der Waals surface area contributed by atoms with Crippen LogP contribution < -0.4 is 5.32 Å². The van der Waals surface area contributed by atoms with Crippen molar-refractivity contribution in [2.45, 2.75) is 26.4 Å². The Bertz CT molecular complexity index is 1040. The van der Waals surface area contributed by atoms with E-state index in [2.05, 4.69) is 41.5 Å². The van der Waals surface area contributed by atoms with Gasteiger partial charge in [0.25, 0.3) is 0 Å². The second-order valence-corrected chi connectivity index (χ2v) is 6.86. The van der Waals surface area contributed by atoms with Crippen molar-refractivity contribution in [2.24, 2.45) is 0 Å². The molecule has 2 heterocycles. The molecule has 0 aliphatic heterocycles. The average Bonchev–Trinajstić information content (AvgIpc) is 3.03. The Morgan fingerprint density at radius 3 is 2.52 bits per heavy atom. The van der Waals surface area contributed by atoms with E-state index in [1.54, 1.807) is 12.4 Å². The predicted molar refractivity (Wildman–Crippen MR) is 110 cm³/mol. The van der Waals surface area contributed by atoms with Crippen LogP contribution >= 0.6 is 0 Å². The molecule has 0 fully saturated rings. The SMILES string of the molecule is Cc1ccc(CCn2cc3cccc(NCc4ccncc4)c3c2O)cc1. The minimum Gasteiger partial charge on any atom is -0.494 e. The van der Waals surface area contributed by atoms with E-state index in [9.17, 15) is 5.11 Å². The van der Waals surface area contributed by atoms with Gasteiger partial charge in [-0.25, -0.2) is 0 Å². The van der Waals surface area contributed by atoms with E-state index in [1.807, 2.05) is 41.1 Å². The van der Waals surface area contributed by atoms with Gasteiger partial charge >= 0.3 is 0 Å². The topological polar surface area (TPSA) is 50.1 Å². The van der Waals surface area contributed by atoms with Crippen LogP contribution in [0.25, 0.3) is 10.8 Å². The maximum absolute atomic E-state index is 10.8. The molecule has 4 heteroatoms. The van der Waals surface area contributed by atoms with Crippen molar-refractivity contribution >= 4 is 16.5 Å². The third-order valence-corrected chi connectivity index (χ3v) is 4.88. The summed E-state index contributed by atoms with van der Waals surface area (Å²) in [5, 5.41) is 16.1. The molecule has 0 saturated heterocycles. The number of aromatic hydroxyl groups is 1. The minimum absolute atomic E-state index is 0.315. The summed E-state index contributed by atoms with van der Waals surface area (Å²) in [7, 11) is 0. The molecule has 0 aliphatic rings. The Morgan fingerprint density at radius 2 is 1.74 bits per heavy atom. The number of aryl methyl sites for hydroxylation is 3. The number of hydrogen-bond donors (Lipinski definition) is 2. The molecule has 0 atom stereocenters. The van der Waals surface area contributed by atoms with Crippen LogP contribution in [0, 0.1) is 6.92 Å². The molecule has 4 rings (SSSR count). The van der Waals surface area contributed by atoms with Crippen LogP contribution in [0.15, 0.2) is 73.2 Å². The lowest BCUT2D eigenvalue weighted by atomic mass is 10.1. The Balaban J connectivity index is 1.55. The third kappa shape index (κ3) is 3.80. The Labute approximate surface area is 159 Å². The van der Waals surface area contributed by atoms with Gasteiger partial charge in [0.1, 0.15) is 0 Å². The van der Waals surface area contributed by atoms with Gasteiger partial charge in [-0.05, 0) is 42.7 Å². The molecule has 136 valence electrons. The van der Waals surface area contributed by atoms with Crippen LogP contribution in [0.3, 0.4) is 0 Å². The van der Waals surface area contributed by atoms with E-state index < -0.39 is 0 Å². The molecule has 2 N–H and O–H groups in total. The zero-order valence-corrected chi connectivity index (χ0v) is 15.4. The highest BCUT2D eigenvalue weighted by atomic mass is 16.3. The van der Waals surface area contributed by atoms with Gasteiger partial charge in [0.05, 0.1) is 5.39 Å². The first kappa shape index (κ1) is 17.2. The summed E-state index contributed by atoms with van der Waals surface area (Å²) in [6, 6.07) is 18.6. The molecule has 0 aliphatic carbocycles. The van der Waals surface area contributed by atoms with Crippen molar-refractivity contribution in [1.82, 2.24) is 9.55 Å². The van der Waals surface area contributed by atoms with E-state index in [1.165, 1.54) is 11.1 Å². The minimum atomic E-state index is 0.315. The fraction of sp³-hybridized carbons (Fsp3) is 0.174. The fourth-order valence-electron chi connectivity index (χ4n) is 3.32. The van der Waals surface area contributed by atoms with Crippen molar-refractivity contribution in [3.63, 3.8) is 0 Å². The number of benzene rings is 2. The quantitative estimate of drug-likeness (QED) is 0.516. The molecule has 0 unspecified atom stereocenters. The van der Waals surface area contributed by atoms with E-state index in [0.29, 0.717) is 12.4 Å². The maximum Gasteiger partial charge on any atom is 0.201 e. The summed E-state index contributed by atoms with van der Waals surface area (Å²) in [4.78, 5) is 4.05. The van der Waals surface area contributed by atoms with E-state index >= 15 is 0 Å². The van der Waals surface area contributed by atoms with Gasteiger partial charge in [0, 0.05) is 42.8 Å². The molecule has 0 bridgehead atoms. The van der Waals surface area contributed by atoms with Crippen LogP contribution in [0.1, 0.15) is 16.7 Å². The van der Waals surface area contributed by atoms with Crippen molar-refractivity contribution in [3.05, 3.63) is 89.9 Å². The van der Waals surface area contributed by atoms with Gasteiger partial charge in [-0.1, -0.05) is 42.0 Å². The van der Waals surface area contributed by atoms with E-state index in [-0.39, 0.29) is 0 Å². The van der Waals surface area contributed by atoms with Crippen LogP contribution in [0.2, 0.25) is 0 Å². The van der Waals surface area contributed by atoms with Gasteiger partial charge in [-0.15, -0.1) is 0 Å². The van der Waals surface area contributed by atoms with Gasteiger partial charge < -0.3 is 15.0 Å². The summed E-state index contributed by atoms with van der Waals surface area (Å²) in [5.41, 5.74) is 4.63. The van der Waals surface area contributed by atoms with Crippen LogP contribution in [-0.2, 0) is 19.5 Å². The molecule has 0 spiro atoms. The molecule has 27 heavy (non-hydrogen) atoms. The smallest absolute Gasteiger partial charge is 0.201 e. The van der Waals surface area contributed by atoms with Gasteiger partial charge in [0.2, 0.25) is 5.88 Å². The van der Waals surface area contributed by atoms with Crippen molar-refractivity contribution in [3.8, 4) is 5.88 Å². The predicted octanol–water partition coefficient (Wildman–Crippen LogP) is 4.91. The van der Waals surface area contributed by atoms with Crippen LogP contribution in [0.4, 0.5) is 5.69 Å². The number of nitrogens with one attached hydrogen (secondary N) is 1. The summed E-state index contributed by atoms with van der Waals surface area (Å²) >= 11 is 0. The van der Waals surface area contributed by atoms with Gasteiger partial charge in [-0.3, -0.25) is 4.98 Å². The van der Waals surface area contributed by atoms with Crippen molar-refractivity contribution in [1.29, 1.82) is 0 Å². The molecule has 0 amide bonds. The zero-order valence-electron chi connectivity index (χ0n) is 15.4. The first-order chi connectivity index (χ1) is 13.2. The van der Waals surface area contributed by atoms with Crippen LogP contribution in [0.5, 0.6) is 5.88 Å². The Morgan fingerprint density at radius 1 is 0.963 bits per heavy atom.